The minimum atomic E-state index is -1.02. The standard InChI is InChI=1S/C16H18BrN3O3/c1-3-7-19(10-15(21)22)16(23)14-9-18-20(11(14)2)13-6-4-5-12(17)8-13/h4-6,8-9H,3,7,10H2,1-2H3,(H,21,22). The predicted molar refractivity (Wildman–Crippen MR) is 89.8 cm³/mol. The Labute approximate surface area is 142 Å². The van der Waals surface area contributed by atoms with Crippen molar-refractivity contribution in [2.75, 3.05) is 13.1 Å². The van der Waals surface area contributed by atoms with Gasteiger partial charge in [-0.05, 0) is 31.5 Å². The monoisotopic (exact) mass is 379 g/mol. The number of aromatic nitrogens is 2. The number of carbonyl (C=O) groups is 2. The SMILES string of the molecule is CCCN(CC(=O)O)C(=O)c1cnn(-c2cccc(Br)c2)c1C. The zero-order chi connectivity index (χ0) is 17.0. The molecule has 1 heterocycles. The summed E-state index contributed by atoms with van der Waals surface area (Å²) in [6.07, 6.45) is 2.18. The van der Waals surface area contributed by atoms with Crippen LogP contribution in [0.15, 0.2) is 34.9 Å². The molecule has 2 rings (SSSR count). The highest BCUT2D eigenvalue weighted by Crippen LogP contribution is 2.19. The quantitative estimate of drug-likeness (QED) is 0.836. The minimum Gasteiger partial charge on any atom is -0.480 e. The highest BCUT2D eigenvalue weighted by atomic mass is 79.9. The molecule has 1 amide bonds. The molecule has 7 heteroatoms. The number of nitrogens with zero attached hydrogens (tertiary/aromatic N) is 3. The topological polar surface area (TPSA) is 75.4 Å². The van der Waals surface area contributed by atoms with Gasteiger partial charge in [0.2, 0.25) is 0 Å². The fourth-order valence-electron chi connectivity index (χ4n) is 2.34. The average Bonchev–Trinajstić information content (AvgIpc) is 2.87. The number of carbonyl (C=O) groups excluding carboxylic acids is 1. The maximum absolute atomic E-state index is 12.6. The molecule has 1 aromatic heterocycles. The van der Waals surface area contributed by atoms with Gasteiger partial charge in [-0.25, -0.2) is 4.68 Å². The van der Waals surface area contributed by atoms with Crippen molar-refractivity contribution < 1.29 is 14.7 Å². The molecule has 0 spiro atoms. The molecule has 0 radical (unpaired) electrons. The third-order valence-electron chi connectivity index (χ3n) is 3.40. The lowest BCUT2D eigenvalue weighted by Gasteiger charge is -2.19. The Morgan fingerprint density at radius 1 is 1.39 bits per heavy atom. The van der Waals surface area contributed by atoms with Crippen molar-refractivity contribution >= 4 is 27.8 Å². The fraction of sp³-hybridized carbons (Fsp3) is 0.312. The van der Waals surface area contributed by atoms with E-state index in [1.165, 1.54) is 11.1 Å². The second-order valence-electron chi connectivity index (χ2n) is 5.16. The van der Waals surface area contributed by atoms with E-state index in [-0.39, 0.29) is 12.5 Å². The van der Waals surface area contributed by atoms with Crippen molar-refractivity contribution in [3.63, 3.8) is 0 Å². The van der Waals surface area contributed by atoms with E-state index in [1.807, 2.05) is 31.2 Å². The number of halogens is 1. The molecule has 0 unspecified atom stereocenters. The number of benzene rings is 1. The molecule has 2 aromatic rings. The van der Waals surface area contributed by atoms with Crippen LogP contribution in [0.5, 0.6) is 0 Å². The molecule has 0 bridgehead atoms. The number of carboxylic acids is 1. The Kier molecular flexibility index (Phi) is 5.54. The van der Waals surface area contributed by atoms with Gasteiger partial charge in [0, 0.05) is 11.0 Å². The van der Waals surface area contributed by atoms with Gasteiger partial charge in [-0.2, -0.15) is 5.10 Å². The van der Waals surface area contributed by atoms with Crippen molar-refractivity contribution in [3.05, 3.63) is 46.2 Å². The first kappa shape index (κ1) is 17.2. The Hall–Kier alpha value is -2.15. The van der Waals surface area contributed by atoms with Gasteiger partial charge in [0.15, 0.2) is 0 Å². The summed E-state index contributed by atoms with van der Waals surface area (Å²) in [4.78, 5) is 24.9. The Morgan fingerprint density at radius 2 is 2.13 bits per heavy atom. The first-order valence-corrected chi connectivity index (χ1v) is 8.05. The number of hydrogen-bond acceptors (Lipinski definition) is 3. The average molecular weight is 380 g/mol. The molecule has 23 heavy (non-hydrogen) atoms. The molecule has 0 saturated carbocycles. The number of amides is 1. The number of carboxylic acid groups (broad SMARTS) is 1. The van der Waals surface area contributed by atoms with Crippen LogP contribution in [0, 0.1) is 6.92 Å². The van der Waals surface area contributed by atoms with E-state index >= 15 is 0 Å². The van der Waals surface area contributed by atoms with E-state index in [4.69, 9.17) is 5.11 Å². The van der Waals surface area contributed by atoms with E-state index in [9.17, 15) is 9.59 Å². The molecule has 1 N–H and O–H groups in total. The maximum atomic E-state index is 12.6. The second-order valence-corrected chi connectivity index (χ2v) is 6.07. The largest absolute Gasteiger partial charge is 0.480 e. The van der Waals surface area contributed by atoms with Crippen molar-refractivity contribution in [2.45, 2.75) is 20.3 Å². The highest BCUT2D eigenvalue weighted by Gasteiger charge is 2.22. The Balaban J connectivity index is 2.33. The van der Waals surface area contributed by atoms with E-state index in [0.717, 1.165) is 10.2 Å². The van der Waals surface area contributed by atoms with Crippen molar-refractivity contribution in [1.82, 2.24) is 14.7 Å². The lowest BCUT2D eigenvalue weighted by Crippen LogP contribution is -2.36. The summed E-state index contributed by atoms with van der Waals surface area (Å²) in [7, 11) is 0. The van der Waals surface area contributed by atoms with Crippen LogP contribution in [-0.4, -0.2) is 44.8 Å². The second kappa shape index (κ2) is 7.41. The van der Waals surface area contributed by atoms with Gasteiger partial charge in [0.25, 0.3) is 5.91 Å². The van der Waals surface area contributed by atoms with E-state index in [1.54, 1.807) is 11.6 Å². The molecule has 122 valence electrons. The third kappa shape index (κ3) is 3.98. The number of rotatable bonds is 6. The van der Waals surface area contributed by atoms with Gasteiger partial charge < -0.3 is 10.0 Å². The van der Waals surface area contributed by atoms with Gasteiger partial charge in [0.05, 0.1) is 23.1 Å². The van der Waals surface area contributed by atoms with Gasteiger partial charge >= 0.3 is 5.97 Å². The number of hydrogen-bond donors (Lipinski definition) is 1. The Bertz CT molecular complexity index is 727. The summed E-state index contributed by atoms with van der Waals surface area (Å²) in [5.41, 5.74) is 1.93. The summed E-state index contributed by atoms with van der Waals surface area (Å²) in [6.45, 7) is 3.78. The molecular formula is C16H18BrN3O3. The van der Waals surface area contributed by atoms with Crippen molar-refractivity contribution in [2.24, 2.45) is 0 Å². The van der Waals surface area contributed by atoms with Crippen LogP contribution in [-0.2, 0) is 4.79 Å². The van der Waals surface area contributed by atoms with Crippen LogP contribution in [0.3, 0.4) is 0 Å². The van der Waals surface area contributed by atoms with Gasteiger partial charge in [-0.1, -0.05) is 28.9 Å². The first-order chi connectivity index (χ1) is 10.9. The van der Waals surface area contributed by atoms with Crippen LogP contribution in [0.2, 0.25) is 0 Å². The molecule has 1 aromatic carbocycles. The van der Waals surface area contributed by atoms with Crippen LogP contribution in [0.4, 0.5) is 0 Å². The molecule has 0 fully saturated rings. The van der Waals surface area contributed by atoms with Crippen LogP contribution < -0.4 is 0 Å². The van der Waals surface area contributed by atoms with E-state index in [0.29, 0.717) is 24.2 Å². The highest BCUT2D eigenvalue weighted by molar-refractivity contribution is 9.10. The maximum Gasteiger partial charge on any atom is 0.323 e. The van der Waals surface area contributed by atoms with Gasteiger partial charge in [0.1, 0.15) is 6.54 Å². The number of aliphatic carboxylic acids is 1. The van der Waals surface area contributed by atoms with Gasteiger partial charge in [-0.15, -0.1) is 0 Å². The fourth-order valence-corrected chi connectivity index (χ4v) is 2.73. The summed E-state index contributed by atoms with van der Waals surface area (Å²) in [5, 5.41) is 13.2. The summed E-state index contributed by atoms with van der Waals surface area (Å²) in [6, 6.07) is 7.58. The molecule has 6 nitrogen and oxygen atoms in total. The van der Waals surface area contributed by atoms with Crippen molar-refractivity contribution in [1.29, 1.82) is 0 Å². The predicted octanol–water partition coefficient (Wildman–Crippen LogP) is 2.88. The van der Waals surface area contributed by atoms with Crippen molar-refractivity contribution in [3.8, 4) is 5.69 Å². The third-order valence-corrected chi connectivity index (χ3v) is 3.89. The molecular weight excluding hydrogens is 362 g/mol. The van der Waals surface area contributed by atoms with E-state index < -0.39 is 5.97 Å². The minimum absolute atomic E-state index is 0.311. The molecule has 0 atom stereocenters. The Morgan fingerprint density at radius 3 is 2.74 bits per heavy atom. The van der Waals surface area contributed by atoms with Crippen LogP contribution in [0.25, 0.3) is 5.69 Å². The smallest absolute Gasteiger partial charge is 0.323 e. The lowest BCUT2D eigenvalue weighted by molar-refractivity contribution is -0.137. The zero-order valence-corrected chi connectivity index (χ0v) is 14.6. The summed E-state index contributed by atoms with van der Waals surface area (Å²) >= 11 is 3.41. The molecule has 0 saturated heterocycles. The first-order valence-electron chi connectivity index (χ1n) is 7.25. The van der Waals surface area contributed by atoms with Gasteiger partial charge in [-0.3, -0.25) is 9.59 Å². The molecule has 0 aliphatic carbocycles. The normalized spacial score (nSPS) is 10.6. The molecule has 0 aliphatic heterocycles. The zero-order valence-electron chi connectivity index (χ0n) is 13.0. The lowest BCUT2D eigenvalue weighted by atomic mass is 10.2. The molecule has 0 aliphatic rings. The van der Waals surface area contributed by atoms with Crippen LogP contribution in [0.1, 0.15) is 29.4 Å². The summed E-state index contributed by atoms with van der Waals surface area (Å²) < 4.78 is 2.58. The summed E-state index contributed by atoms with van der Waals surface area (Å²) in [5.74, 6) is -1.34. The van der Waals surface area contributed by atoms with Crippen LogP contribution >= 0.6 is 15.9 Å². The van der Waals surface area contributed by atoms with E-state index in [2.05, 4.69) is 21.0 Å².